The Kier molecular flexibility index (Phi) is 9.72. The highest BCUT2D eigenvalue weighted by Gasteiger charge is 2.18. The highest BCUT2D eigenvalue weighted by Crippen LogP contribution is 2.16. The molecule has 0 unspecified atom stereocenters. The summed E-state index contributed by atoms with van der Waals surface area (Å²) in [7, 11) is 2.15. The molecule has 1 aliphatic heterocycles. The maximum absolute atomic E-state index is 12.5. The van der Waals surface area contributed by atoms with Crippen molar-refractivity contribution in [2.24, 2.45) is 0 Å². The highest BCUT2D eigenvalue weighted by molar-refractivity contribution is 7.98. The molecule has 2 aromatic rings. The first kappa shape index (κ1) is 23.6. The molecular formula is C25H34N2O3S. The summed E-state index contributed by atoms with van der Waals surface area (Å²) in [6.07, 6.45) is 2.18. The van der Waals surface area contributed by atoms with Crippen molar-refractivity contribution < 1.29 is 14.3 Å². The predicted molar refractivity (Wildman–Crippen MR) is 128 cm³/mol. The van der Waals surface area contributed by atoms with Crippen molar-refractivity contribution in [2.45, 2.75) is 38.1 Å². The quantitative estimate of drug-likeness (QED) is 0.560. The van der Waals surface area contributed by atoms with E-state index in [1.165, 1.54) is 5.56 Å². The van der Waals surface area contributed by atoms with Crippen LogP contribution in [0.5, 0.6) is 5.75 Å². The Balaban J connectivity index is 1.42. The molecule has 2 aromatic carbocycles. The number of likely N-dealkylation sites (N-methyl/N-ethyl adjacent to an activating group) is 1. The lowest BCUT2D eigenvalue weighted by Crippen LogP contribution is -2.38. The Hall–Kier alpha value is -2.02. The van der Waals surface area contributed by atoms with Gasteiger partial charge in [0.05, 0.1) is 0 Å². The standard InChI is InChI=1S/C25H34N2O3S/c1-3-31-19-20-7-9-22(10-8-20)25(28)26-18-21-5-4-6-24(17-21)30-16-13-27(2)23-11-14-29-15-12-23/h4-10,17,23H,3,11-16,18-19H2,1-2H3,(H,26,28). The molecule has 1 aliphatic rings. The molecule has 0 radical (unpaired) electrons. The van der Waals surface area contributed by atoms with Gasteiger partial charge in [-0.05, 0) is 61.0 Å². The van der Waals surface area contributed by atoms with E-state index in [1.54, 1.807) is 0 Å². The minimum absolute atomic E-state index is 0.0564. The van der Waals surface area contributed by atoms with E-state index < -0.39 is 0 Å². The third-order valence-electron chi connectivity index (χ3n) is 5.57. The number of ether oxygens (including phenoxy) is 2. The van der Waals surface area contributed by atoms with Crippen molar-refractivity contribution in [3.63, 3.8) is 0 Å². The van der Waals surface area contributed by atoms with Crippen molar-refractivity contribution in [2.75, 3.05) is 39.2 Å². The van der Waals surface area contributed by atoms with E-state index in [0.29, 0.717) is 24.8 Å². The molecule has 1 heterocycles. The number of nitrogens with zero attached hydrogens (tertiary/aromatic N) is 1. The van der Waals surface area contributed by atoms with Crippen LogP contribution in [0.4, 0.5) is 0 Å². The summed E-state index contributed by atoms with van der Waals surface area (Å²) in [6, 6.07) is 16.4. The van der Waals surface area contributed by atoms with Crippen LogP contribution in [-0.2, 0) is 17.0 Å². The van der Waals surface area contributed by atoms with Gasteiger partial charge in [0.15, 0.2) is 0 Å². The molecular weight excluding hydrogens is 408 g/mol. The van der Waals surface area contributed by atoms with Gasteiger partial charge in [-0.3, -0.25) is 9.69 Å². The molecule has 0 aliphatic carbocycles. The van der Waals surface area contributed by atoms with Crippen molar-refractivity contribution in [3.8, 4) is 5.75 Å². The van der Waals surface area contributed by atoms with Gasteiger partial charge in [0, 0.05) is 43.7 Å². The molecule has 1 N–H and O–H groups in total. The predicted octanol–water partition coefficient (Wildman–Crippen LogP) is 4.36. The molecule has 0 bridgehead atoms. The average molecular weight is 443 g/mol. The largest absolute Gasteiger partial charge is 0.492 e. The second-order valence-corrected chi connectivity index (χ2v) is 9.11. The molecule has 5 nitrogen and oxygen atoms in total. The second kappa shape index (κ2) is 12.7. The lowest BCUT2D eigenvalue weighted by molar-refractivity contribution is 0.0392. The Morgan fingerprint density at radius 3 is 2.68 bits per heavy atom. The fourth-order valence-corrected chi connectivity index (χ4v) is 4.25. The Morgan fingerprint density at radius 1 is 1.16 bits per heavy atom. The minimum atomic E-state index is -0.0564. The topological polar surface area (TPSA) is 50.8 Å². The SMILES string of the molecule is CCSCc1ccc(C(=O)NCc2cccc(OCCN(C)C3CCOCC3)c2)cc1. The molecule has 0 aromatic heterocycles. The third-order valence-corrected chi connectivity index (χ3v) is 6.51. The first-order valence-corrected chi connectivity index (χ1v) is 12.3. The average Bonchev–Trinajstić information content (AvgIpc) is 2.82. The minimum Gasteiger partial charge on any atom is -0.492 e. The maximum atomic E-state index is 12.5. The van der Waals surface area contributed by atoms with Gasteiger partial charge in [-0.2, -0.15) is 11.8 Å². The molecule has 0 atom stereocenters. The summed E-state index contributed by atoms with van der Waals surface area (Å²) < 4.78 is 11.4. The highest BCUT2D eigenvalue weighted by atomic mass is 32.2. The first-order valence-electron chi connectivity index (χ1n) is 11.1. The van der Waals surface area contributed by atoms with Gasteiger partial charge >= 0.3 is 0 Å². The van der Waals surface area contributed by atoms with E-state index in [-0.39, 0.29) is 5.91 Å². The van der Waals surface area contributed by atoms with Gasteiger partial charge < -0.3 is 14.8 Å². The van der Waals surface area contributed by atoms with E-state index in [1.807, 2.05) is 60.3 Å². The maximum Gasteiger partial charge on any atom is 0.251 e. The number of rotatable bonds is 11. The molecule has 1 amide bonds. The molecule has 0 spiro atoms. The Labute approximate surface area is 190 Å². The molecule has 3 rings (SSSR count). The van der Waals surface area contributed by atoms with Crippen LogP contribution in [0.3, 0.4) is 0 Å². The Morgan fingerprint density at radius 2 is 1.94 bits per heavy atom. The van der Waals surface area contributed by atoms with Crippen LogP contribution in [0.25, 0.3) is 0 Å². The number of amides is 1. The number of nitrogens with one attached hydrogen (secondary N) is 1. The smallest absolute Gasteiger partial charge is 0.251 e. The normalized spacial score (nSPS) is 14.5. The number of hydrogen-bond acceptors (Lipinski definition) is 5. The van der Waals surface area contributed by atoms with Crippen molar-refractivity contribution in [1.82, 2.24) is 10.2 Å². The van der Waals surface area contributed by atoms with E-state index in [9.17, 15) is 4.79 Å². The van der Waals surface area contributed by atoms with Crippen LogP contribution >= 0.6 is 11.8 Å². The zero-order chi connectivity index (χ0) is 21.9. The van der Waals surface area contributed by atoms with Gasteiger partial charge in [-0.1, -0.05) is 31.2 Å². The van der Waals surface area contributed by atoms with Gasteiger partial charge in [0.1, 0.15) is 12.4 Å². The van der Waals surface area contributed by atoms with Crippen LogP contribution in [0.1, 0.15) is 41.3 Å². The Bertz CT molecular complexity index is 807. The summed E-state index contributed by atoms with van der Waals surface area (Å²) in [4.78, 5) is 14.8. The summed E-state index contributed by atoms with van der Waals surface area (Å²) in [5.74, 6) is 2.86. The number of benzene rings is 2. The van der Waals surface area contributed by atoms with Gasteiger partial charge in [-0.25, -0.2) is 0 Å². The monoisotopic (exact) mass is 442 g/mol. The first-order chi connectivity index (χ1) is 15.2. The van der Waals surface area contributed by atoms with Crippen LogP contribution in [0.15, 0.2) is 48.5 Å². The molecule has 6 heteroatoms. The fraction of sp³-hybridized carbons (Fsp3) is 0.480. The van der Waals surface area contributed by atoms with E-state index >= 15 is 0 Å². The molecule has 168 valence electrons. The van der Waals surface area contributed by atoms with Crippen LogP contribution in [0.2, 0.25) is 0 Å². The van der Waals surface area contributed by atoms with Crippen molar-refractivity contribution >= 4 is 17.7 Å². The van der Waals surface area contributed by atoms with E-state index in [4.69, 9.17) is 9.47 Å². The van der Waals surface area contributed by atoms with E-state index in [0.717, 1.165) is 55.4 Å². The van der Waals surface area contributed by atoms with Crippen molar-refractivity contribution in [1.29, 1.82) is 0 Å². The fourth-order valence-electron chi connectivity index (χ4n) is 3.62. The van der Waals surface area contributed by atoms with E-state index in [2.05, 4.69) is 24.2 Å². The molecule has 31 heavy (non-hydrogen) atoms. The summed E-state index contributed by atoms with van der Waals surface area (Å²) in [6.45, 7) is 5.87. The molecule has 1 saturated heterocycles. The summed E-state index contributed by atoms with van der Waals surface area (Å²) in [5, 5.41) is 3.00. The van der Waals surface area contributed by atoms with Crippen LogP contribution < -0.4 is 10.1 Å². The van der Waals surface area contributed by atoms with Crippen molar-refractivity contribution in [3.05, 3.63) is 65.2 Å². The zero-order valence-corrected chi connectivity index (χ0v) is 19.5. The molecule has 1 fully saturated rings. The lowest BCUT2D eigenvalue weighted by Gasteiger charge is -2.31. The summed E-state index contributed by atoms with van der Waals surface area (Å²) >= 11 is 1.88. The number of carbonyl (C=O) groups excluding carboxylic acids is 1. The van der Waals surface area contributed by atoms with Crippen LogP contribution in [0, 0.1) is 0 Å². The number of carbonyl (C=O) groups is 1. The lowest BCUT2D eigenvalue weighted by atomic mass is 10.1. The van der Waals surface area contributed by atoms with Crippen LogP contribution in [-0.4, -0.2) is 56.0 Å². The molecule has 0 saturated carbocycles. The van der Waals surface area contributed by atoms with Gasteiger partial charge in [-0.15, -0.1) is 0 Å². The number of thioether (sulfide) groups is 1. The summed E-state index contributed by atoms with van der Waals surface area (Å²) in [5.41, 5.74) is 2.96. The second-order valence-electron chi connectivity index (χ2n) is 7.84. The zero-order valence-electron chi connectivity index (χ0n) is 18.6. The van der Waals surface area contributed by atoms with Gasteiger partial charge in [0.25, 0.3) is 5.91 Å². The third kappa shape index (κ3) is 7.87. The number of hydrogen-bond donors (Lipinski definition) is 1. The van der Waals surface area contributed by atoms with Gasteiger partial charge in [0.2, 0.25) is 0 Å².